The van der Waals surface area contributed by atoms with E-state index in [4.69, 9.17) is 5.11 Å². The summed E-state index contributed by atoms with van der Waals surface area (Å²) >= 11 is 0. The van der Waals surface area contributed by atoms with Gasteiger partial charge in [0.15, 0.2) is 0 Å². The van der Waals surface area contributed by atoms with Crippen LogP contribution < -0.4 is 5.32 Å². The maximum absolute atomic E-state index is 11.1. The van der Waals surface area contributed by atoms with Crippen molar-refractivity contribution in [1.29, 1.82) is 0 Å². The summed E-state index contributed by atoms with van der Waals surface area (Å²) in [5, 5.41) is 21.6. The van der Waals surface area contributed by atoms with Crippen LogP contribution in [0.25, 0.3) is 0 Å². The molecular formula is C19H31NO3. The van der Waals surface area contributed by atoms with Gasteiger partial charge < -0.3 is 15.5 Å². The first-order chi connectivity index (χ1) is 11.1. The molecule has 23 heavy (non-hydrogen) atoms. The molecule has 0 aliphatic rings. The number of aromatic hydroxyl groups is 1. The number of anilines is 1. The summed E-state index contributed by atoms with van der Waals surface area (Å²) in [6.07, 6.45) is 12.8. The van der Waals surface area contributed by atoms with Crippen LogP contribution in [0.15, 0.2) is 18.2 Å². The summed E-state index contributed by atoms with van der Waals surface area (Å²) in [6, 6.07) is 4.41. The fourth-order valence-electron chi connectivity index (χ4n) is 2.70. The van der Waals surface area contributed by atoms with Crippen molar-refractivity contribution in [2.75, 3.05) is 11.9 Å². The maximum Gasteiger partial charge on any atom is 0.337 e. The van der Waals surface area contributed by atoms with Gasteiger partial charge in [-0.1, -0.05) is 64.7 Å². The Bertz CT molecular complexity index is 460. The van der Waals surface area contributed by atoms with Crippen molar-refractivity contribution in [2.24, 2.45) is 0 Å². The van der Waals surface area contributed by atoms with Gasteiger partial charge in [-0.15, -0.1) is 0 Å². The highest BCUT2D eigenvalue weighted by atomic mass is 16.4. The Morgan fingerprint density at radius 2 is 1.52 bits per heavy atom. The predicted molar refractivity (Wildman–Crippen MR) is 95.4 cm³/mol. The molecule has 0 spiro atoms. The molecule has 4 heteroatoms. The highest BCUT2D eigenvalue weighted by molar-refractivity contribution is 5.94. The van der Waals surface area contributed by atoms with Crippen molar-refractivity contribution in [3.63, 3.8) is 0 Å². The van der Waals surface area contributed by atoms with Gasteiger partial charge in [0.25, 0.3) is 0 Å². The van der Waals surface area contributed by atoms with Crippen LogP contribution in [0.1, 0.15) is 81.5 Å². The molecule has 1 aromatic rings. The van der Waals surface area contributed by atoms with E-state index in [1.807, 2.05) is 0 Å². The summed E-state index contributed by atoms with van der Waals surface area (Å²) in [7, 11) is 0. The van der Waals surface area contributed by atoms with Crippen LogP contribution in [-0.2, 0) is 0 Å². The first-order valence-corrected chi connectivity index (χ1v) is 8.95. The molecule has 0 fully saturated rings. The number of aromatic carboxylic acids is 1. The third-order valence-electron chi connectivity index (χ3n) is 4.08. The molecule has 0 aliphatic heterocycles. The Balaban J connectivity index is 2.08. The Labute approximate surface area is 139 Å². The van der Waals surface area contributed by atoms with E-state index in [9.17, 15) is 9.90 Å². The predicted octanol–water partition coefficient (Wildman–Crippen LogP) is 5.42. The molecule has 0 aliphatic carbocycles. The smallest absolute Gasteiger partial charge is 0.337 e. The van der Waals surface area contributed by atoms with E-state index in [2.05, 4.69) is 12.2 Å². The van der Waals surface area contributed by atoms with Gasteiger partial charge in [0.1, 0.15) is 5.75 Å². The number of carboxylic acids is 1. The monoisotopic (exact) mass is 321 g/mol. The lowest BCUT2D eigenvalue weighted by atomic mass is 10.1. The van der Waals surface area contributed by atoms with Gasteiger partial charge in [-0.05, 0) is 24.6 Å². The van der Waals surface area contributed by atoms with E-state index < -0.39 is 5.97 Å². The van der Waals surface area contributed by atoms with Crippen LogP contribution in [0.5, 0.6) is 5.75 Å². The van der Waals surface area contributed by atoms with Gasteiger partial charge in [-0.3, -0.25) is 0 Å². The van der Waals surface area contributed by atoms with E-state index in [-0.39, 0.29) is 11.3 Å². The van der Waals surface area contributed by atoms with Crippen LogP contribution in [-0.4, -0.2) is 22.7 Å². The van der Waals surface area contributed by atoms with Crippen molar-refractivity contribution in [2.45, 2.75) is 71.1 Å². The number of rotatable bonds is 13. The largest absolute Gasteiger partial charge is 0.508 e. The molecule has 0 atom stereocenters. The number of carboxylic acid groups (broad SMARTS) is 1. The third kappa shape index (κ3) is 8.48. The zero-order valence-electron chi connectivity index (χ0n) is 14.3. The van der Waals surface area contributed by atoms with E-state index in [0.29, 0.717) is 5.69 Å². The molecule has 3 N–H and O–H groups in total. The van der Waals surface area contributed by atoms with Gasteiger partial charge in [0.05, 0.1) is 5.56 Å². The number of phenolic OH excluding ortho intramolecular Hbond substituents is 1. The SMILES string of the molecule is CCCCCCCCCCCCNc1ccc(O)cc1C(=O)O. The van der Waals surface area contributed by atoms with Gasteiger partial charge in [0.2, 0.25) is 0 Å². The van der Waals surface area contributed by atoms with Crippen LogP contribution in [0, 0.1) is 0 Å². The first kappa shape index (κ1) is 19.3. The van der Waals surface area contributed by atoms with Gasteiger partial charge in [-0.2, -0.15) is 0 Å². The lowest BCUT2D eigenvalue weighted by Gasteiger charge is -2.10. The van der Waals surface area contributed by atoms with E-state index in [0.717, 1.165) is 13.0 Å². The lowest BCUT2D eigenvalue weighted by molar-refractivity contribution is 0.0697. The van der Waals surface area contributed by atoms with Crippen LogP contribution >= 0.6 is 0 Å². The molecule has 0 bridgehead atoms. The number of benzene rings is 1. The minimum atomic E-state index is -1.02. The molecule has 0 unspecified atom stereocenters. The molecule has 0 heterocycles. The molecule has 4 nitrogen and oxygen atoms in total. The Kier molecular flexibility index (Phi) is 9.92. The number of carbonyl (C=O) groups is 1. The minimum absolute atomic E-state index is 0.0214. The van der Waals surface area contributed by atoms with Crippen molar-refractivity contribution < 1.29 is 15.0 Å². The topological polar surface area (TPSA) is 69.6 Å². The highest BCUT2D eigenvalue weighted by Gasteiger charge is 2.10. The Morgan fingerprint density at radius 1 is 0.957 bits per heavy atom. The van der Waals surface area contributed by atoms with Crippen LogP contribution in [0.3, 0.4) is 0 Å². The van der Waals surface area contributed by atoms with Crippen LogP contribution in [0.4, 0.5) is 5.69 Å². The lowest BCUT2D eigenvalue weighted by Crippen LogP contribution is -2.07. The van der Waals surface area contributed by atoms with Crippen molar-refractivity contribution in [3.05, 3.63) is 23.8 Å². The average Bonchev–Trinajstić information content (AvgIpc) is 2.53. The molecule has 0 aromatic heterocycles. The zero-order chi connectivity index (χ0) is 16.9. The molecule has 0 amide bonds. The third-order valence-corrected chi connectivity index (χ3v) is 4.08. The minimum Gasteiger partial charge on any atom is -0.508 e. The molecule has 1 rings (SSSR count). The second-order valence-electron chi connectivity index (χ2n) is 6.14. The summed E-state index contributed by atoms with van der Waals surface area (Å²) in [4.78, 5) is 11.1. The molecule has 1 aromatic carbocycles. The number of phenols is 1. The van der Waals surface area contributed by atoms with Gasteiger partial charge in [0, 0.05) is 12.2 Å². The molecular weight excluding hydrogens is 290 g/mol. The second kappa shape index (κ2) is 11.8. The van der Waals surface area contributed by atoms with Crippen molar-refractivity contribution in [1.82, 2.24) is 0 Å². The van der Waals surface area contributed by atoms with Crippen molar-refractivity contribution >= 4 is 11.7 Å². The number of nitrogens with one attached hydrogen (secondary N) is 1. The number of hydrogen-bond acceptors (Lipinski definition) is 3. The van der Waals surface area contributed by atoms with Crippen molar-refractivity contribution in [3.8, 4) is 5.75 Å². The fourth-order valence-corrected chi connectivity index (χ4v) is 2.70. The molecule has 130 valence electrons. The average molecular weight is 321 g/mol. The van der Waals surface area contributed by atoms with Gasteiger partial charge in [-0.25, -0.2) is 4.79 Å². The molecule has 0 saturated heterocycles. The highest BCUT2D eigenvalue weighted by Crippen LogP contribution is 2.21. The Morgan fingerprint density at radius 3 is 2.09 bits per heavy atom. The van der Waals surface area contributed by atoms with E-state index >= 15 is 0 Å². The maximum atomic E-state index is 11.1. The number of hydrogen-bond donors (Lipinski definition) is 3. The summed E-state index contributed by atoms with van der Waals surface area (Å²) in [5.74, 6) is -1.04. The normalized spacial score (nSPS) is 10.7. The summed E-state index contributed by atoms with van der Waals surface area (Å²) in [6.45, 7) is 3.01. The Hall–Kier alpha value is -1.71. The van der Waals surface area contributed by atoms with E-state index in [1.165, 1.54) is 69.9 Å². The fraction of sp³-hybridized carbons (Fsp3) is 0.632. The molecule has 0 radical (unpaired) electrons. The second-order valence-corrected chi connectivity index (χ2v) is 6.14. The quantitative estimate of drug-likeness (QED) is 0.335. The summed E-state index contributed by atoms with van der Waals surface area (Å²) in [5.41, 5.74) is 0.698. The number of unbranched alkanes of at least 4 members (excludes halogenated alkanes) is 9. The standard InChI is InChI=1S/C19H31NO3/c1-2-3-4-5-6-7-8-9-10-11-14-20-18-13-12-16(21)15-17(18)19(22)23/h12-13,15,20-21H,2-11,14H2,1H3,(H,22,23). The van der Waals surface area contributed by atoms with Gasteiger partial charge >= 0.3 is 5.97 Å². The van der Waals surface area contributed by atoms with Crippen LogP contribution in [0.2, 0.25) is 0 Å². The zero-order valence-corrected chi connectivity index (χ0v) is 14.3. The van der Waals surface area contributed by atoms with E-state index in [1.54, 1.807) is 6.07 Å². The molecule has 0 saturated carbocycles. The first-order valence-electron chi connectivity index (χ1n) is 8.95. The summed E-state index contributed by atoms with van der Waals surface area (Å²) < 4.78 is 0.